The van der Waals surface area contributed by atoms with E-state index in [9.17, 15) is 4.79 Å². The fraction of sp³-hybridized carbons (Fsp3) is 0.140. The zero-order valence-electron chi connectivity index (χ0n) is 26.0. The number of hydrogen-bond acceptors (Lipinski definition) is 1. The van der Waals surface area contributed by atoms with Gasteiger partial charge in [0.25, 0.3) is 0 Å². The molecule has 45 heavy (non-hydrogen) atoms. The first kappa shape index (κ1) is 26.2. The molecule has 0 bridgehead atoms. The van der Waals surface area contributed by atoms with Crippen LogP contribution in [0.15, 0.2) is 127 Å². The van der Waals surface area contributed by atoms with Crippen molar-refractivity contribution in [3.05, 3.63) is 161 Å². The van der Waals surface area contributed by atoms with Gasteiger partial charge in [-0.1, -0.05) is 125 Å². The van der Waals surface area contributed by atoms with Crippen molar-refractivity contribution in [2.75, 3.05) is 0 Å². The molecule has 0 saturated carbocycles. The lowest BCUT2D eigenvalue weighted by molar-refractivity contribution is 0.103. The molecule has 0 atom stereocenters. The van der Waals surface area contributed by atoms with Gasteiger partial charge in [-0.25, -0.2) is 0 Å². The summed E-state index contributed by atoms with van der Waals surface area (Å²) in [4.78, 5) is 14.2. The Kier molecular flexibility index (Phi) is 5.20. The number of fused-ring (bicyclic) bond motifs is 9. The number of ketones is 1. The van der Waals surface area contributed by atoms with Crippen molar-refractivity contribution in [2.45, 2.75) is 38.5 Å². The van der Waals surface area contributed by atoms with Gasteiger partial charge in [0.1, 0.15) is 0 Å². The topological polar surface area (TPSA) is 22.0 Å². The van der Waals surface area contributed by atoms with Crippen LogP contribution in [-0.4, -0.2) is 10.4 Å². The SMILES string of the molecule is CC1(C)c2ccc(-n3c4ccccc4c4c5c(ccc43)-c3ccccc3C5(C)C)cc2C(=O)c2ccc(-c3ccccc3)cc21. The van der Waals surface area contributed by atoms with Crippen molar-refractivity contribution in [1.29, 1.82) is 0 Å². The molecule has 2 aliphatic rings. The molecule has 2 heteroatoms. The van der Waals surface area contributed by atoms with Crippen LogP contribution in [-0.2, 0) is 10.8 Å². The van der Waals surface area contributed by atoms with Crippen molar-refractivity contribution in [2.24, 2.45) is 0 Å². The number of hydrogen-bond donors (Lipinski definition) is 0. The number of carbonyl (C=O) groups is 1. The van der Waals surface area contributed by atoms with Crippen molar-refractivity contribution in [3.63, 3.8) is 0 Å². The monoisotopic (exact) mass is 579 g/mol. The third-order valence-electron chi connectivity index (χ3n) is 10.6. The average molecular weight is 580 g/mol. The zero-order valence-corrected chi connectivity index (χ0v) is 26.0. The van der Waals surface area contributed by atoms with Gasteiger partial charge in [0.2, 0.25) is 0 Å². The summed E-state index contributed by atoms with van der Waals surface area (Å²) in [5.74, 6) is 0.0963. The molecule has 9 rings (SSSR count). The van der Waals surface area contributed by atoms with Gasteiger partial charge in [0.15, 0.2) is 5.78 Å². The molecule has 0 amide bonds. The lowest BCUT2D eigenvalue weighted by atomic mass is 9.68. The van der Waals surface area contributed by atoms with Crippen LogP contribution in [0.3, 0.4) is 0 Å². The molecule has 7 aromatic rings. The number of carbonyl (C=O) groups excluding carboxylic acids is 1. The lowest BCUT2D eigenvalue weighted by Gasteiger charge is -2.35. The second kappa shape index (κ2) is 8.92. The smallest absolute Gasteiger partial charge is 0.193 e. The molecule has 0 N–H and O–H groups in total. The highest BCUT2D eigenvalue weighted by molar-refractivity contribution is 6.16. The Morgan fingerprint density at radius 3 is 2.04 bits per heavy atom. The van der Waals surface area contributed by atoms with Crippen LogP contribution in [0, 0.1) is 0 Å². The highest BCUT2D eigenvalue weighted by Gasteiger charge is 2.39. The number of nitrogens with zero attached hydrogens (tertiary/aromatic N) is 1. The number of aromatic nitrogens is 1. The fourth-order valence-corrected chi connectivity index (χ4v) is 8.37. The standard InChI is InChI=1S/C43H33NO/c1-42(2)35-22-19-28(25-33(35)41(45)31-20-18-27(24-36(31)42)26-12-6-5-7-13-26)44-37-17-11-9-15-32(37)39-38(44)23-21-30-29-14-8-10-16-34(29)43(3,4)40(30)39/h5-25H,1-4H3. The first-order valence-corrected chi connectivity index (χ1v) is 15.8. The number of para-hydroxylation sites is 1. The van der Waals surface area contributed by atoms with Crippen molar-refractivity contribution >= 4 is 27.6 Å². The highest BCUT2D eigenvalue weighted by Crippen LogP contribution is 2.53. The molecule has 2 nitrogen and oxygen atoms in total. The van der Waals surface area contributed by atoms with E-state index in [1.165, 1.54) is 38.5 Å². The van der Waals surface area contributed by atoms with E-state index >= 15 is 0 Å². The molecule has 1 aromatic heterocycles. The van der Waals surface area contributed by atoms with Crippen molar-refractivity contribution in [1.82, 2.24) is 4.57 Å². The van der Waals surface area contributed by atoms with Crippen LogP contribution in [0.2, 0.25) is 0 Å². The minimum atomic E-state index is -0.320. The van der Waals surface area contributed by atoms with Gasteiger partial charge in [-0.3, -0.25) is 4.79 Å². The molecule has 0 unspecified atom stereocenters. The summed E-state index contributed by atoms with van der Waals surface area (Å²) in [6.45, 7) is 9.19. The van der Waals surface area contributed by atoms with Gasteiger partial charge in [0.05, 0.1) is 11.0 Å². The summed E-state index contributed by atoms with van der Waals surface area (Å²) in [7, 11) is 0. The van der Waals surface area contributed by atoms with Gasteiger partial charge in [0, 0.05) is 38.4 Å². The van der Waals surface area contributed by atoms with Gasteiger partial charge >= 0.3 is 0 Å². The number of benzene rings is 6. The third kappa shape index (κ3) is 3.43. The van der Waals surface area contributed by atoms with Crippen LogP contribution in [0.5, 0.6) is 0 Å². The van der Waals surface area contributed by atoms with Gasteiger partial charge in [-0.2, -0.15) is 0 Å². The Labute approximate surface area is 263 Å². The molecule has 1 heterocycles. The predicted octanol–water partition coefficient (Wildman–Crippen LogP) is 10.6. The first-order chi connectivity index (χ1) is 21.8. The molecule has 0 aliphatic heterocycles. The minimum Gasteiger partial charge on any atom is -0.309 e. The molecular formula is C43H33NO. The Morgan fingerprint density at radius 2 is 1.20 bits per heavy atom. The Balaban J connectivity index is 1.26. The molecular weight excluding hydrogens is 546 g/mol. The van der Waals surface area contributed by atoms with Crippen LogP contribution in [0.1, 0.15) is 65.9 Å². The van der Waals surface area contributed by atoms with Crippen LogP contribution >= 0.6 is 0 Å². The van der Waals surface area contributed by atoms with E-state index < -0.39 is 0 Å². The van der Waals surface area contributed by atoms with E-state index in [4.69, 9.17) is 0 Å². The van der Waals surface area contributed by atoms with E-state index in [1.807, 2.05) is 12.1 Å². The van der Waals surface area contributed by atoms with Crippen LogP contribution < -0.4 is 0 Å². The van der Waals surface area contributed by atoms with Gasteiger partial charge in [-0.15, -0.1) is 0 Å². The summed E-state index contributed by atoms with van der Waals surface area (Å²) in [5, 5.41) is 2.54. The van der Waals surface area contributed by atoms with Gasteiger partial charge in [-0.05, 0) is 74.8 Å². The average Bonchev–Trinajstić information content (AvgIpc) is 3.52. The number of rotatable bonds is 2. The largest absolute Gasteiger partial charge is 0.309 e. The summed E-state index contributed by atoms with van der Waals surface area (Å²) >= 11 is 0. The summed E-state index contributed by atoms with van der Waals surface area (Å²) in [6.07, 6.45) is 0. The maximum Gasteiger partial charge on any atom is 0.193 e. The first-order valence-electron chi connectivity index (χ1n) is 15.8. The summed E-state index contributed by atoms with van der Waals surface area (Å²) in [6, 6.07) is 45.4. The highest BCUT2D eigenvalue weighted by atomic mass is 16.1. The third-order valence-corrected chi connectivity index (χ3v) is 10.6. The van der Waals surface area contributed by atoms with Crippen LogP contribution in [0.4, 0.5) is 0 Å². The zero-order chi connectivity index (χ0) is 30.7. The Hall–Kier alpha value is -5.21. The van der Waals surface area contributed by atoms with Crippen LogP contribution in [0.25, 0.3) is 49.7 Å². The maximum absolute atomic E-state index is 14.2. The van der Waals surface area contributed by atoms with E-state index in [1.54, 1.807) is 0 Å². The predicted molar refractivity (Wildman–Crippen MR) is 186 cm³/mol. The quantitative estimate of drug-likeness (QED) is 0.200. The lowest BCUT2D eigenvalue weighted by Crippen LogP contribution is -2.30. The molecule has 6 aromatic carbocycles. The van der Waals surface area contributed by atoms with Crippen molar-refractivity contribution in [3.8, 4) is 27.9 Å². The second-order valence-corrected chi connectivity index (χ2v) is 13.7. The maximum atomic E-state index is 14.2. The van der Waals surface area contributed by atoms with E-state index in [0.717, 1.165) is 44.6 Å². The Bertz CT molecular complexity index is 2390. The summed E-state index contributed by atoms with van der Waals surface area (Å²) < 4.78 is 2.36. The molecule has 2 aliphatic carbocycles. The van der Waals surface area contributed by atoms with E-state index in [2.05, 4.69) is 148 Å². The summed E-state index contributed by atoms with van der Waals surface area (Å²) in [5.41, 5.74) is 14.3. The molecule has 0 saturated heterocycles. The molecule has 216 valence electrons. The molecule has 0 spiro atoms. The second-order valence-electron chi connectivity index (χ2n) is 13.7. The van der Waals surface area contributed by atoms with E-state index in [-0.39, 0.29) is 16.6 Å². The molecule has 0 radical (unpaired) electrons. The fourth-order valence-electron chi connectivity index (χ4n) is 8.37. The minimum absolute atomic E-state index is 0.0963. The molecule has 0 fully saturated rings. The normalized spacial score (nSPS) is 15.5. The Morgan fingerprint density at radius 1 is 0.489 bits per heavy atom. The van der Waals surface area contributed by atoms with E-state index in [0.29, 0.717) is 0 Å². The van der Waals surface area contributed by atoms with Gasteiger partial charge < -0.3 is 4.57 Å². The van der Waals surface area contributed by atoms with Crippen molar-refractivity contribution < 1.29 is 4.79 Å².